The van der Waals surface area contributed by atoms with Crippen LogP contribution < -0.4 is 28.4 Å². The van der Waals surface area contributed by atoms with E-state index < -0.39 is 19.8 Å². The summed E-state index contributed by atoms with van der Waals surface area (Å²) >= 11 is -1.65. The van der Waals surface area contributed by atoms with Crippen molar-refractivity contribution in [3.05, 3.63) is 95.1 Å². The minimum absolute atomic E-state index is 0. The molecule has 1 unspecified atom stereocenters. The number of fused-ring (bicyclic) bond motifs is 4. The van der Waals surface area contributed by atoms with Crippen molar-refractivity contribution in [2.24, 2.45) is 0 Å². The van der Waals surface area contributed by atoms with Crippen LogP contribution in [0.15, 0.2) is 72.8 Å². The van der Waals surface area contributed by atoms with Gasteiger partial charge in [-0.2, -0.15) is 0 Å². The summed E-state index contributed by atoms with van der Waals surface area (Å²) in [6, 6.07) is 24.9. The maximum absolute atomic E-state index is 2.59. The van der Waals surface area contributed by atoms with Gasteiger partial charge in [0.05, 0.1) is 0 Å². The molecular formula is C24H21Cl2SnZr. The van der Waals surface area contributed by atoms with Crippen molar-refractivity contribution in [2.75, 3.05) is 0 Å². The van der Waals surface area contributed by atoms with Crippen molar-refractivity contribution in [1.29, 1.82) is 0 Å². The van der Waals surface area contributed by atoms with Crippen molar-refractivity contribution in [1.82, 2.24) is 0 Å². The zero-order valence-electron chi connectivity index (χ0n) is 15.8. The molecule has 0 aromatic heterocycles. The van der Waals surface area contributed by atoms with Crippen molar-refractivity contribution in [3.63, 3.8) is 0 Å². The third kappa shape index (κ3) is 4.24. The molecular weight excluding hydrogens is 569 g/mol. The fraction of sp³-hybridized carbons (Fsp3) is 0.167. The number of hydrogen-bond acceptors (Lipinski definition) is 0. The Bertz CT molecular complexity index is 999. The standard InChI is InChI=1S/C13H9.C10H9.CH3.2ClH.Sn.Zr/c1-3-7-12-10(5-1)9-11-6-2-4-8-13(11)12;1-8-6-7-9-4-2-3-5-10(8)9;;;;;/h1-5,7-8H,9H2;2-8H,1H2;1H3;2*1H;;/q;;;;;;+2/p-2. The first-order valence-corrected chi connectivity index (χ1v) is 15.4. The molecule has 0 bridgehead atoms. The van der Waals surface area contributed by atoms with Crippen LogP contribution in [-0.4, -0.2) is 19.8 Å². The van der Waals surface area contributed by atoms with E-state index in [0.29, 0.717) is 5.92 Å². The van der Waals surface area contributed by atoms with E-state index in [4.69, 9.17) is 0 Å². The normalized spacial score (nSPS) is 15.0. The van der Waals surface area contributed by atoms with Crippen molar-refractivity contribution in [2.45, 2.75) is 21.7 Å². The van der Waals surface area contributed by atoms with Gasteiger partial charge in [-0.25, -0.2) is 0 Å². The van der Waals surface area contributed by atoms with Crippen molar-refractivity contribution in [3.8, 4) is 11.1 Å². The molecule has 4 heteroatoms. The Labute approximate surface area is 206 Å². The molecule has 3 aromatic carbocycles. The second-order valence-corrected chi connectivity index (χ2v) is 14.4. The van der Waals surface area contributed by atoms with E-state index in [1.165, 1.54) is 26.7 Å². The minimum Gasteiger partial charge on any atom is -1.00 e. The summed E-state index contributed by atoms with van der Waals surface area (Å²) in [4.78, 5) is 2.59. The second kappa shape index (κ2) is 10.1. The summed E-state index contributed by atoms with van der Waals surface area (Å²) in [5.41, 5.74) is 9.06. The Morgan fingerprint density at radius 2 is 1.57 bits per heavy atom. The first-order valence-electron chi connectivity index (χ1n) is 9.11. The molecule has 1 radical (unpaired) electrons. The smallest absolute Gasteiger partial charge is 1.00 e. The van der Waals surface area contributed by atoms with E-state index in [1.54, 1.807) is 14.7 Å². The van der Waals surface area contributed by atoms with Crippen LogP contribution >= 0.6 is 0 Å². The van der Waals surface area contributed by atoms with Crippen LogP contribution in [0, 0.1) is 0 Å². The van der Waals surface area contributed by atoms with E-state index in [9.17, 15) is 0 Å². The SMILES string of the molecule is [CH3][Sn]([CH2]C1C=Cc2ccccc21)[c]1cccc2c1Cc1ccccc1-2.[Cl-].[Cl-].[Zr+2]. The molecule has 3 aromatic rings. The van der Waals surface area contributed by atoms with E-state index >= 15 is 0 Å². The molecule has 5 rings (SSSR count). The Morgan fingerprint density at radius 3 is 2.43 bits per heavy atom. The van der Waals surface area contributed by atoms with Gasteiger partial charge < -0.3 is 24.8 Å². The van der Waals surface area contributed by atoms with Crippen molar-refractivity contribution >= 4 is 29.4 Å². The fourth-order valence-corrected chi connectivity index (χ4v) is 11.2. The number of rotatable bonds is 3. The Balaban J connectivity index is 0.000000934. The van der Waals surface area contributed by atoms with Crippen LogP contribution in [0.2, 0.25) is 9.38 Å². The number of halogens is 2. The van der Waals surface area contributed by atoms with Crippen molar-refractivity contribution < 1.29 is 51.0 Å². The summed E-state index contributed by atoms with van der Waals surface area (Å²) in [5, 5.41) is 0. The largest absolute Gasteiger partial charge is 2.00 e. The van der Waals surface area contributed by atoms with Crippen LogP contribution in [0.1, 0.15) is 28.2 Å². The molecule has 0 spiro atoms. The second-order valence-electron chi connectivity index (χ2n) is 7.24. The first kappa shape index (κ1) is 23.9. The average molecular weight is 590 g/mol. The van der Waals surface area contributed by atoms with Crippen LogP contribution in [0.5, 0.6) is 0 Å². The van der Waals surface area contributed by atoms with Gasteiger partial charge in [0.15, 0.2) is 0 Å². The number of benzene rings is 3. The van der Waals surface area contributed by atoms with E-state index in [2.05, 4.69) is 83.8 Å². The molecule has 0 aliphatic heterocycles. The fourth-order valence-electron chi connectivity index (χ4n) is 4.50. The predicted molar refractivity (Wildman–Crippen MR) is 109 cm³/mol. The zero-order valence-corrected chi connectivity index (χ0v) is 22.6. The molecule has 0 nitrogen and oxygen atoms in total. The molecule has 0 N–H and O–H groups in total. The van der Waals surface area contributed by atoms with Crippen LogP contribution in [0.3, 0.4) is 0 Å². The Hall–Kier alpha value is -0.338. The summed E-state index contributed by atoms with van der Waals surface area (Å²) in [5.74, 6) is 0.634. The van der Waals surface area contributed by atoms with E-state index in [-0.39, 0.29) is 51.0 Å². The third-order valence-electron chi connectivity index (χ3n) is 5.74. The van der Waals surface area contributed by atoms with E-state index in [0.717, 1.165) is 6.42 Å². The molecule has 0 amide bonds. The summed E-state index contributed by atoms with van der Waals surface area (Å²) < 4.78 is 3.11. The molecule has 1 atom stereocenters. The van der Waals surface area contributed by atoms with Gasteiger partial charge in [-0.3, -0.25) is 0 Å². The quantitative estimate of drug-likeness (QED) is 0.280. The first-order chi connectivity index (χ1) is 12.3. The summed E-state index contributed by atoms with van der Waals surface area (Å²) in [6.45, 7) is 0. The van der Waals surface area contributed by atoms with Gasteiger partial charge in [0, 0.05) is 0 Å². The van der Waals surface area contributed by atoms with Gasteiger partial charge in [0.2, 0.25) is 0 Å². The van der Waals surface area contributed by atoms with Crippen LogP contribution in [-0.2, 0) is 32.6 Å². The zero-order chi connectivity index (χ0) is 16.8. The maximum Gasteiger partial charge on any atom is 2.00 e. The summed E-state index contributed by atoms with van der Waals surface area (Å²) in [7, 11) is 0. The molecule has 0 saturated heterocycles. The van der Waals surface area contributed by atoms with Gasteiger partial charge in [0.1, 0.15) is 0 Å². The van der Waals surface area contributed by atoms with Gasteiger partial charge in [0.25, 0.3) is 0 Å². The van der Waals surface area contributed by atoms with Gasteiger partial charge in [-0.05, 0) is 0 Å². The molecule has 28 heavy (non-hydrogen) atoms. The monoisotopic (exact) mass is 589 g/mol. The average Bonchev–Trinajstić information content (AvgIpc) is 3.23. The van der Waals surface area contributed by atoms with Gasteiger partial charge in [-0.1, -0.05) is 0 Å². The van der Waals surface area contributed by atoms with Crippen LogP contribution in [0.4, 0.5) is 0 Å². The maximum atomic E-state index is 2.59. The number of allylic oxidation sites excluding steroid dienone is 1. The van der Waals surface area contributed by atoms with Gasteiger partial charge in [-0.15, -0.1) is 0 Å². The minimum atomic E-state index is -1.65. The molecule has 139 valence electrons. The topological polar surface area (TPSA) is 0 Å². The molecule has 0 fully saturated rings. The Kier molecular flexibility index (Phi) is 8.65. The Morgan fingerprint density at radius 1 is 0.857 bits per heavy atom. The van der Waals surface area contributed by atoms with Gasteiger partial charge >= 0.3 is 184 Å². The van der Waals surface area contributed by atoms with Crippen LogP contribution in [0.25, 0.3) is 17.2 Å². The summed E-state index contributed by atoms with van der Waals surface area (Å²) in [6.07, 6.45) is 5.89. The molecule has 2 aliphatic rings. The third-order valence-corrected chi connectivity index (χ3v) is 12.7. The van der Waals surface area contributed by atoms with E-state index in [1.807, 2.05) is 0 Å². The molecule has 0 heterocycles. The molecule has 0 saturated carbocycles. The molecule has 2 aliphatic carbocycles. The number of hydrogen-bond donors (Lipinski definition) is 0. The predicted octanol–water partition coefficient (Wildman–Crippen LogP) is -0.594.